The molecular formula is C23H21BrFNO4. The molecule has 0 atom stereocenters. The first kappa shape index (κ1) is 20.3. The molecule has 0 saturated carbocycles. The van der Waals surface area contributed by atoms with Gasteiger partial charge in [-0.1, -0.05) is 34.1 Å². The van der Waals surface area contributed by atoms with Crippen LogP contribution in [0.15, 0.2) is 59.1 Å². The van der Waals surface area contributed by atoms with E-state index in [1.165, 1.54) is 6.07 Å². The van der Waals surface area contributed by atoms with E-state index < -0.39 is 0 Å². The average Bonchev–Trinajstić information content (AvgIpc) is 3.22. The number of ether oxygens (including phenoxy) is 4. The summed E-state index contributed by atoms with van der Waals surface area (Å²) >= 11 is 3.60. The van der Waals surface area contributed by atoms with Crippen molar-refractivity contribution in [1.29, 1.82) is 0 Å². The molecule has 3 aromatic rings. The summed E-state index contributed by atoms with van der Waals surface area (Å²) in [6.45, 7) is 3.33. The lowest BCUT2D eigenvalue weighted by Gasteiger charge is -2.16. The Morgan fingerprint density at radius 3 is 2.60 bits per heavy atom. The Morgan fingerprint density at radius 1 is 0.967 bits per heavy atom. The van der Waals surface area contributed by atoms with Crippen LogP contribution in [0.2, 0.25) is 0 Å². The van der Waals surface area contributed by atoms with Crippen LogP contribution in [-0.4, -0.2) is 13.4 Å². The van der Waals surface area contributed by atoms with Crippen LogP contribution >= 0.6 is 15.9 Å². The molecule has 4 rings (SSSR count). The van der Waals surface area contributed by atoms with Gasteiger partial charge in [-0.2, -0.15) is 0 Å². The van der Waals surface area contributed by atoms with E-state index in [4.69, 9.17) is 18.9 Å². The van der Waals surface area contributed by atoms with Gasteiger partial charge < -0.3 is 24.3 Å². The van der Waals surface area contributed by atoms with Crippen LogP contribution in [0.1, 0.15) is 18.1 Å². The Kier molecular flexibility index (Phi) is 6.28. The van der Waals surface area contributed by atoms with Crippen molar-refractivity contribution in [2.45, 2.75) is 20.1 Å². The van der Waals surface area contributed by atoms with Crippen molar-refractivity contribution in [3.63, 3.8) is 0 Å². The summed E-state index contributed by atoms with van der Waals surface area (Å²) in [7, 11) is 0. The van der Waals surface area contributed by atoms with Gasteiger partial charge in [-0.25, -0.2) is 4.39 Å². The summed E-state index contributed by atoms with van der Waals surface area (Å²) < 4.78 is 37.1. The molecule has 30 heavy (non-hydrogen) atoms. The minimum Gasteiger partial charge on any atom is -0.490 e. The van der Waals surface area contributed by atoms with Crippen LogP contribution in [0.3, 0.4) is 0 Å². The Morgan fingerprint density at radius 2 is 1.77 bits per heavy atom. The molecule has 156 valence electrons. The third-order valence-corrected chi connectivity index (χ3v) is 5.35. The zero-order valence-electron chi connectivity index (χ0n) is 16.4. The van der Waals surface area contributed by atoms with Crippen molar-refractivity contribution in [1.82, 2.24) is 0 Å². The van der Waals surface area contributed by atoms with Crippen molar-refractivity contribution in [3.05, 3.63) is 76.0 Å². The lowest BCUT2D eigenvalue weighted by molar-refractivity contribution is 0.174. The maximum Gasteiger partial charge on any atom is 0.231 e. The maximum absolute atomic E-state index is 13.9. The topological polar surface area (TPSA) is 49.0 Å². The maximum atomic E-state index is 13.9. The molecule has 0 radical (unpaired) electrons. The minimum atomic E-state index is -0.293. The summed E-state index contributed by atoms with van der Waals surface area (Å²) in [5, 5.41) is 3.37. The number of halogens is 2. The van der Waals surface area contributed by atoms with E-state index in [1.807, 2.05) is 37.3 Å². The number of rotatable bonds is 8. The zero-order valence-corrected chi connectivity index (χ0v) is 18.0. The van der Waals surface area contributed by atoms with Gasteiger partial charge in [0.1, 0.15) is 12.4 Å². The first-order chi connectivity index (χ1) is 14.6. The minimum absolute atomic E-state index is 0.119. The third kappa shape index (κ3) is 4.62. The van der Waals surface area contributed by atoms with E-state index in [9.17, 15) is 4.39 Å². The predicted molar refractivity (Wildman–Crippen MR) is 116 cm³/mol. The fourth-order valence-electron chi connectivity index (χ4n) is 3.07. The molecule has 0 fully saturated rings. The molecule has 0 saturated heterocycles. The molecule has 3 aromatic carbocycles. The van der Waals surface area contributed by atoms with E-state index in [1.54, 1.807) is 18.2 Å². The standard InChI is InChI=1S/C23H21BrFNO4/c1-2-27-21-9-16(12-26-17-7-8-20-22(10-17)30-14-29-20)18(24)11-23(21)28-13-15-5-3-4-6-19(15)25/h3-11,26H,2,12-14H2,1H3. The normalized spacial score (nSPS) is 12.0. The summed E-state index contributed by atoms with van der Waals surface area (Å²) in [5.74, 6) is 2.35. The molecule has 7 heteroatoms. The number of hydrogen-bond donors (Lipinski definition) is 1. The van der Waals surface area contributed by atoms with E-state index in [0.29, 0.717) is 30.2 Å². The summed E-state index contributed by atoms with van der Waals surface area (Å²) in [5.41, 5.74) is 2.41. The molecule has 0 unspecified atom stereocenters. The number of nitrogens with one attached hydrogen (secondary N) is 1. The van der Waals surface area contributed by atoms with Crippen molar-refractivity contribution in [2.24, 2.45) is 0 Å². The fourth-order valence-corrected chi connectivity index (χ4v) is 3.53. The third-order valence-electron chi connectivity index (χ3n) is 4.61. The molecule has 0 aliphatic carbocycles. The number of benzene rings is 3. The highest BCUT2D eigenvalue weighted by Crippen LogP contribution is 2.36. The molecule has 1 aliphatic heterocycles. The van der Waals surface area contributed by atoms with Crippen LogP contribution in [0, 0.1) is 5.82 Å². The van der Waals surface area contributed by atoms with Crippen LogP contribution in [-0.2, 0) is 13.2 Å². The lowest BCUT2D eigenvalue weighted by atomic mass is 10.2. The first-order valence-electron chi connectivity index (χ1n) is 9.59. The largest absolute Gasteiger partial charge is 0.490 e. The van der Waals surface area contributed by atoms with Gasteiger partial charge in [0.2, 0.25) is 6.79 Å². The molecule has 1 aliphatic rings. The van der Waals surface area contributed by atoms with Crippen molar-refractivity contribution in [2.75, 3.05) is 18.7 Å². The van der Waals surface area contributed by atoms with Crippen molar-refractivity contribution >= 4 is 21.6 Å². The fraction of sp³-hybridized carbons (Fsp3) is 0.217. The van der Waals surface area contributed by atoms with Crippen molar-refractivity contribution < 1.29 is 23.3 Å². The second-order valence-electron chi connectivity index (χ2n) is 6.63. The molecule has 0 amide bonds. The average molecular weight is 474 g/mol. The molecule has 1 heterocycles. The summed E-state index contributed by atoms with van der Waals surface area (Å²) in [6, 6.07) is 16.1. The molecule has 1 N–H and O–H groups in total. The van der Waals surface area contributed by atoms with E-state index in [0.717, 1.165) is 27.2 Å². The second kappa shape index (κ2) is 9.26. The number of hydrogen-bond acceptors (Lipinski definition) is 5. The van der Waals surface area contributed by atoms with Gasteiger partial charge in [0.05, 0.1) is 6.61 Å². The summed E-state index contributed by atoms with van der Waals surface area (Å²) in [6.07, 6.45) is 0. The SMILES string of the molecule is CCOc1cc(CNc2ccc3c(c2)OCO3)c(Br)cc1OCc1ccccc1F. The van der Waals surface area contributed by atoms with Crippen LogP contribution < -0.4 is 24.3 Å². The van der Waals surface area contributed by atoms with Crippen LogP contribution in [0.5, 0.6) is 23.0 Å². The number of anilines is 1. The van der Waals surface area contributed by atoms with Crippen molar-refractivity contribution in [3.8, 4) is 23.0 Å². The monoisotopic (exact) mass is 473 g/mol. The van der Waals surface area contributed by atoms with Gasteiger partial charge in [-0.15, -0.1) is 0 Å². The first-order valence-corrected chi connectivity index (χ1v) is 10.4. The Hall–Kier alpha value is -2.93. The second-order valence-corrected chi connectivity index (χ2v) is 7.48. The van der Waals surface area contributed by atoms with Gasteiger partial charge in [0.15, 0.2) is 23.0 Å². The highest BCUT2D eigenvalue weighted by molar-refractivity contribution is 9.10. The summed E-state index contributed by atoms with van der Waals surface area (Å²) in [4.78, 5) is 0. The zero-order chi connectivity index (χ0) is 20.9. The molecule has 0 aromatic heterocycles. The predicted octanol–water partition coefficient (Wildman–Crippen LogP) is 5.91. The molecule has 0 bridgehead atoms. The van der Waals surface area contributed by atoms with Gasteiger partial charge in [-0.05, 0) is 42.8 Å². The Bertz CT molecular complexity index is 1040. The molecule has 0 spiro atoms. The van der Waals surface area contributed by atoms with E-state index in [-0.39, 0.29) is 19.2 Å². The van der Waals surface area contributed by atoms with Gasteiger partial charge >= 0.3 is 0 Å². The number of fused-ring (bicyclic) bond motifs is 1. The molecule has 5 nitrogen and oxygen atoms in total. The van der Waals surface area contributed by atoms with E-state index >= 15 is 0 Å². The highest BCUT2D eigenvalue weighted by Gasteiger charge is 2.15. The van der Waals surface area contributed by atoms with Gasteiger partial charge in [-0.3, -0.25) is 0 Å². The smallest absolute Gasteiger partial charge is 0.231 e. The molecular weight excluding hydrogens is 453 g/mol. The van der Waals surface area contributed by atoms with Gasteiger partial charge in [0.25, 0.3) is 0 Å². The van der Waals surface area contributed by atoms with Crippen LogP contribution in [0.25, 0.3) is 0 Å². The Balaban J connectivity index is 1.48. The van der Waals surface area contributed by atoms with E-state index in [2.05, 4.69) is 21.2 Å². The van der Waals surface area contributed by atoms with Crippen LogP contribution in [0.4, 0.5) is 10.1 Å². The van der Waals surface area contributed by atoms with Gasteiger partial charge in [0, 0.05) is 28.3 Å². The lowest BCUT2D eigenvalue weighted by Crippen LogP contribution is -2.04. The highest BCUT2D eigenvalue weighted by atomic mass is 79.9. The Labute approximate surface area is 182 Å². The quantitative estimate of drug-likeness (QED) is 0.440.